The fraction of sp³-hybridized carbons (Fsp3) is 0.368. The molecule has 27 heavy (non-hydrogen) atoms. The van der Waals surface area contributed by atoms with E-state index in [-0.39, 0.29) is 11.7 Å². The minimum Gasteiger partial charge on any atom is -0.494 e. The second-order valence-electron chi connectivity index (χ2n) is 6.25. The van der Waals surface area contributed by atoms with Crippen LogP contribution in [0.4, 0.5) is 11.5 Å². The first kappa shape index (κ1) is 18.6. The Hall–Kier alpha value is -3.16. The summed E-state index contributed by atoms with van der Waals surface area (Å²) in [6.45, 7) is 5.14. The Morgan fingerprint density at radius 3 is 2.41 bits per heavy atom. The molecule has 1 aromatic carbocycles. The molecular formula is C19H22N4O4. The third-order valence-electron chi connectivity index (χ3n) is 4.51. The van der Waals surface area contributed by atoms with Crippen molar-refractivity contribution in [2.75, 3.05) is 37.7 Å². The lowest BCUT2D eigenvalue weighted by molar-refractivity contribution is -0.389. The minimum absolute atomic E-state index is 0.0978. The Balaban J connectivity index is 1.52. The van der Waals surface area contributed by atoms with Gasteiger partial charge in [0.25, 0.3) is 0 Å². The van der Waals surface area contributed by atoms with E-state index >= 15 is 0 Å². The van der Waals surface area contributed by atoms with E-state index in [0.29, 0.717) is 39.2 Å². The van der Waals surface area contributed by atoms with E-state index in [9.17, 15) is 14.9 Å². The number of piperazine rings is 1. The molecule has 1 aromatic heterocycles. The van der Waals surface area contributed by atoms with Gasteiger partial charge in [0.2, 0.25) is 5.91 Å². The number of amides is 1. The number of pyridine rings is 1. The van der Waals surface area contributed by atoms with E-state index in [1.54, 1.807) is 6.07 Å². The molecule has 8 heteroatoms. The van der Waals surface area contributed by atoms with E-state index in [1.807, 2.05) is 36.1 Å². The highest BCUT2D eigenvalue weighted by molar-refractivity contribution is 5.79. The molecule has 0 N–H and O–H groups in total. The normalized spacial score (nSPS) is 14.1. The van der Waals surface area contributed by atoms with Gasteiger partial charge in [-0.1, -0.05) is 12.1 Å². The smallest absolute Gasteiger partial charge is 0.363 e. The van der Waals surface area contributed by atoms with E-state index in [2.05, 4.69) is 9.88 Å². The van der Waals surface area contributed by atoms with Gasteiger partial charge in [0.1, 0.15) is 5.75 Å². The van der Waals surface area contributed by atoms with Gasteiger partial charge in [0, 0.05) is 32.2 Å². The summed E-state index contributed by atoms with van der Waals surface area (Å²) in [5.41, 5.74) is 1.80. The predicted molar refractivity (Wildman–Crippen MR) is 101 cm³/mol. The number of carbonyl (C=O) groups is 1. The van der Waals surface area contributed by atoms with Crippen LogP contribution < -0.4 is 9.64 Å². The molecule has 1 saturated heterocycles. The number of nitro groups is 1. The molecule has 142 valence electrons. The number of aromatic nitrogens is 1. The molecule has 0 radical (unpaired) electrons. The SMILES string of the molecule is CCOc1ccc(CC(=O)N2CCN(c3ccc([N+](=O)[O-])nc3)CC2)cc1. The lowest BCUT2D eigenvalue weighted by Gasteiger charge is -2.35. The third kappa shape index (κ3) is 4.72. The molecule has 1 aliphatic heterocycles. The average Bonchev–Trinajstić information content (AvgIpc) is 2.70. The molecule has 0 spiro atoms. The highest BCUT2D eigenvalue weighted by Crippen LogP contribution is 2.19. The van der Waals surface area contributed by atoms with Crippen LogP contribution in [0.5, 0.6) is 5.75 Å². The molecule has 0 saturated carbocycles. The number of carbonyl (C=O) groups excluding carboxylic acids is 1. The first-order valence-electron chi connectivity index (χ1n) is 8.91. The van der Waals surface area contributed by atoms with Crippen molar-refractivity contribution in [2.24, 2.45) is 0 Å². The standard InChI is InChI=1S/C19H22N4O4/c1-2-27-17-6-3-15(4-7-17)13-19(24)22-11-9-21(10-12-22)16-5-8-18(20-14-16)23(25)26/h3-8,14H,2,9-13H2,1H3. The van der Waals surface area contributed by atoms with Gasteiger partial charge in [0.05, 0.1) is 18.7 Å². The quantitative estimate of drug-likeness (QED) is 0.572. The lowest BCUT2D eigenvalue weighted by atomic mass is 10.1. The van der Waals surface area contributed by atoms with Gasteiger partial charge >= 0.3 is 5.82 Å². The Bertz CT molecular complexity index is 784. The minimum atomic E-state index is -0.513. The van der Waals surface area contributed by atoms with Crippen LogP contribution in [0.25, 0.3) is 0 Å². The molecular weight excluding hydrogens is 348 g/mol. The highest BCUT2D eigenvalue weighted by atomic mass is 16.6. The number of hydrogen-bond acceptors (Lipinski definition) is 6. The number of hydrogen-bond donors (Lipinski definition) is 0. The van der Waals surface area contributed by atoms with Crippen molar-refractivity contribution in [3.63, 3.8) is 0 Å². The molecule has 0 aliphatic carbocycles. The van der Waals surface area contributed by atoms with Gasteiger partial charge in [-0.2, -0.15) is 0 Å². The number of benzene rings is 1. The first-order chi connectivity index (χ1) is 13.1. The van der Waals surface area contributed by atoms with Crippen LogP contribution in [0.2, 0.25) is 0 Å². The maximum absolute atomic E-state index is 12.5. The lowest BCUT2D eigenvalue weighted by Crippen LogP contribution is -2.49. The Morgan fingerprint density at radius 1 is 1.15 bits per heavy atom. The van der Waals surface area contributed by atoms with Gasteiger partial charge in [-0.25, -0.2) is 0 Å². The van der Waals surface area contributed by atoms with Crippen molar-refractivity contribution in [1.82, 2.24) is 9.88 Å². The molecule has 1 amide bonds. The van der Waals surface area contributed by atoms with Gasteiger partial charge in [0.15, 0.2) is 6.20 Å². The van der Waals surface area contributed by atoms with Crippen LogP contribution in [-0.4, -0.2) is 53.5 Å². The molecule has 2 aromatic rings. The predicted octanol–water partition coefficient (Wildman–Crippen LogP) is 2.28. The Kier molecular flexibility index (Phi) is 5.85. The van der Waals surface area contributed by atoms with Crippen LogP contribution >= 0.6 is 0 Å². The molecule has 0 bridgehead atoms. The van der Waals surface area contributed by atoms with Crippen LogP contribution in [0.15, 0.2) is 42.6 Å². The molecule has 1 aliphatic rings. The molecule has 2 heterocycles. The van der Waals surface area contributed by atoms with E-state index in [1.165, 1.54) is 12.3 Å². The average molecular weight is 370 g/mol. The maximum Gasteiger partial charge on any atom is 0.363 e. The summed E-state index contributed by atoms with van der Waals surface area (Å²) >= 11 is 0. The summed E-state index contributed by atoms with van der Waals surface area (Å²) in [6, 6.07) is 10.7. The van der Waals surface area contributed by atoms with Crippen molar-refractivity contribution in [1.29, 1.82) is 0 Å². The molecule has 0 unspecified atom stereocenters. The van der Waals surface area contributed by atoms with Gasteiger partial charge in [-0.05, 0) is 40.6 Å². The highest BCUT2D eigenvalue weighted by Gasteiger charge is 2.22. The number of rotatable bonds is 6. The molecule has 8 nitrogen and oxygen atoms in total. The summed E-state index contributed by atoms with van der Waals surface area (Å²) < 4.78 is 5.41. The third-order valence-corrected chi connectivity index (χ3v) is 4.51. The number of ether oxygens (including phenoxy) is 1. The second kappa shape index (κ2) is 8.48. The summed E-state index contributed by atoms with van der Waals surface area (Å²) in [6.07, 6.45) is 1.88. The van der Waals surface area contributed by atoms with Crippen LogP contribution in [-0.2, 0) is 11.2 Å². The zero-order valence-electron chi connectivity index (χ0n) is 15.2. The van der Waals surface area contributed by atoms with Crippen molar-refractivity contribution >= 4 is 17.4 Å². The van der Waals surface area contributed by atoms with Gasteiger partial charge in [-0.3, -0.25) is 4.79 Å². The van der Waals surface area contributed by atoms with Crippen molar-refractivity contribution in [2.45, 2.75) is 13.3 Å². The van der Waals surface area contributed by atoms with Crippen molar-refractivity contribution < 1.29 is 14.5 Å². The maximum atomic E-state index is 12.5. The topological polar surface area (TPSA) is 88.8 Å². The molecule has 3 rings (SSSR count). The number of anilines is 1. The summed E-state index contributed by atoms with van der Waals surface area (Å²) in [5.74, 6) is 0.738. The molecule has 0 atom stereocenters. The van der Waals surface area contributed by atoms with Gasteiger partial charge < -0.3 is 24.7 Å². The first-order valence-corrected chi connectivity index (χ1v) is 8.91. The van der Waals surface area contributed by atoms with Crippen molar-refractivity contribution in [3.05, 3.63) is 58.3 Å². The summed E-state index contributed by atoms with van der Waals surface area (Å²) in [7, 11) is 0. The molecule has 1 fully saturated rings. The monoisotopic (exact) mass is 370 g/mol. The largest absolute Gasteiger partial charge is 0.494 e. The van der Waals surface area contributed by atoms with E-state index < -0.39 is 4.92 Å². The van der Waals surface area contributed by atoms with Crippen LogP contribution in [0, 0.1) is 10.1 Å². The summed E-state index contributed by atoms with van der Waals surface area (Å²) in [4.78, 5) is 30.5. The van der Waals surface area contributed by atoms with E-state index in [4.69, 9.17) is 4.74 Å². The number of nitrogens with zero attached hydrogens (tertiary/aromatic N) is 4. The Morgan fingerprint density at radius 2 is 1.85 bits per heavy atom. The summed E-state index contributed by atoms with van der Waals surface area (Å²) in [5, 5.41) is 10.7. The van der Waals surface area contributed by atoms with Gasteiger partial charge in [-0.15, -0.1) is 0 Å². The van der Waals surface area contributed by atoms with Crippen LogP contribution in [0.3, 0.4) is 0 Å². The zero-order chi connectivity index (χ0) is 19.2. The fourth-order valence-corrected chi connectivity index (χ4v) is 3.04. The second-order valence-corrected chi connectivity index (χ2v) is 6.25. The zero-order valence-corrected chi connectivity index (χ0v) is 15.2. The van der Waals surface area contributed by atoms with E-state index in [0.717, 1.165) is 17.0 Å². The van der Waals surface area contributed by atoms with Crippen LogP contribution in [0.1, 0.15) is 12.5 Å². The van der Waals surface area contributed by atoms with Crippen molar-refractivity contribution in [3.8, 4) is 5.75 Å². The fourth-order valence-electron chi connectivity index (χ4n) is 3.04. The Labute approximate surface area is 157 Å².